The van der Waals surface area contributed by atoms with Gasteiger partial charge in [0.1, 0.15) is 0 Å². The molecule has 1 aliphatic carbocycles. The number of likely N-dealkylation sites (N-methyl/N-ethyl adjacent to an activating group) is 1. The fourth-order valence-electron chi connectivity index (χ4n) is 3.12. The van der Waals surface area contributed by atoms with E-state index in [-0.39, 0.29) is 0 Å². The molecular formula is C17H26ClNO. The number of nitrogens with one attached hydrogen (secondary N) is 1. The van der Waals surface area contributed by atoms with Crippen LogP contribution in [0.25, 0.3) is 0 Å². The van der Waals surface area contributed by atoms with E-state index < -0.39 is 0 Å². The van der Waals surface area contributed by atoms with Crippen LogP contribution in [-0.4, -0.2) is 25.3 Å². The van der Waals surface area contributed by atoms with Crippen LogP contribution >= 0.6 is 11.6 Å². The highest BCUT2D eigenvalue weighted by atomic mass is 35.5. The number of ether oxygens (including phenoxy) is 1. The summed E-state index contributed by atoms with van der Waals surface area (Å²) >= 11 is 6.07. The molecule has 2 rings (SSSR count). The molecule has 0 bridgehead atoms. The zero-order valence-electron chi connectivity index (χ0n) is 12.6. The van der Waals surface area contributed by atoms with Crippen molar-refractivity contribution < 1.29 is 4.74 Å². The fraction of sp³-hybridized carbons (Fsp3) is 0.647. The molecular weight excluding hydrogens is 270 g/mol. The third-order valence-electron chi connectivity index (χ3n) is 4.08. The summed E-state index contributed by atoms with van der Waals surface area (Å²) in [6.45, 7) is 6.12. The zero-order valence-corrected chi connectivity index (χ0v) is 13.3. The van der Waals surface area contributed by atoms with Gasteiger partial charge in [0, 0.05) is 17.7 Å². The number of rotatable bonds is 8. The van der Waals surface area contributed by atoms with E-state index >= 15 is 0 Å². The van der Waals surface area contributed by atoms with E-state index in [0.717, 1.165) is 30.5 Å². The number of hydrogen-bond donors (Lipinski definition) is 1. The van der Waals surface area contributed by atoms with Crippen molar-refractivity contribution in [1.29, 1.82) is 0 Å². The maximum Gasteiger partial charge on any atom is 0.0580 e. The van der Waals surface area contributed by atoms with Crippen molar-refractivity contribution in [3.8, 4) is 0 Å². The zero-order chi connectivity index (χ0) is 14.4. The van der Waals surface area contributed by atoms with E-state index in [4.69, 9.17) is 16.3 Å². The van der Waals surface area contributed by atoms with Gasteiger partial charge in [0.05, 0.1) is 6.10 Å². The molecule has 0 saturated heterocycles. The summed E-state index contributed by atoms with van der Waals surface area (Å²) in [4.78, 5) is 0. The minimum absolute atomic E-state index is 0.512. The summed E-state index contributed by atoms with van der Waals surface area (Å²) in [6.07, 6.45) is 5.27. The summed E-state index contributed by atoms with van der Waals surface area (Å²) in [5.74, 6) is 0.815. The molecule has 1 saturated carbocycles. The summed E-state index contributed by atoms with van der Waals surface area (Å²) in [7, 11) is 0. The highest BCUT2D eigenvalue weighted by Gasteiger charge is 2.31. The Morgan fingerprint density at radius 1 is 1.35 bits per heavy atom. The second-order valence-electron chi connectivity index (χ2n) is 5.74. The molecule has 1 atom stereocenters. The van der Waals surface area contributed by atoms with Crippen LogP contribution in [0.3, 0.4) is 0 Å². The van der Waals surface area contributed by atoms with Crippen LogP contribution in [0, 0.1) is 5.92 Å². The number of hydrogen-bond acceptors (Lipinski definition) is 2. The molecule has 1 N–H and O–H groups in total. The van der Waals surface area contributed by atoms with Crippen LogP contribution in [0.2, 0.25) is 5.02 Å². The predicted octanol–water partition coefficient (Wildman–Crippen LogP) is 4.07. The minimum atomic E-state index is 0.512. The molecule has 0 amide bonds. The van der Waals surface area contributed by atoms with E-state index in [2.05, 4.69) is 31.3 Å². The lowest BCUT2D eigenvalue weighted by Gasteiger charge is -2.37. The van der Waals surface area contributed by atoms with Crippen molar-refractivity contribution in [2.75, 3.05) is 13.2 Å². The normalized spacial score (nSPS) is 23.4. The van der Waals surface area contributed by atoms with Crippen molar-refractivity contribution in [3.05, 3.63) is 34.9 Å². The summed E-state index contributed by atoms with van der Waals surface area (Å²) < 4.78 is 5.65. The van der Waals surface area contributed by atoms with Gasteiger partial charge in [0.2, 0.25) is 0 Å². The van der Waals surface area contributed by atoms with Crippen molar-refractivity contribution in [3.63, 3.8) is 0 Å². The van der Waals surface area contributed by atoms with Crippen LogP contribution in [0.15, 0.2) is 24.3 Å². The molecule has 0 radical (unpaired) electrons. The van der Waals surface area contributed by atoms with E-state index in [1.807, 2.05) is 12.1 Å². The van der Waals surface area contributed by atoms with Gasteiger partial charge in [-0.25, -0.2) is 0 Å². The first-order chi connectivity index (χ1) is 9.71. The molecule has 0 heterocycles. The molecule has 1 aromatic carbocycles. The Kier molecular flexibility index (Phi) is 6.34. The summed E-state index contributed by atoms with van der Waals surface area (Å²) in [5.41, 5.74) is 1.32. The molecule has 0 aromatic heterocycles. The van der Waals surface area contributed by atoms with Gasteiger partial charge in [-0.3, -0.25) is 0 Å². The Labute approximate surface area is 127 Å². The first-order valence-corrected chi connectivity index (χ1v) is 8.18. The first kappa shape index (κ1) is 15.8. The molecule has 2 nitrogen and oxygen atoms in total. The maximum atomic E-state index is 6.07. The van der Waals surface area contributed by atoms with Gasteiger partial charge in [-0.05, 0) is 62.8 Å². The van der Waals surface area contributed by atoms with Gasteiger partial charge in [-0.2, -0.15) is 0 Å². The molecule has 112 valence electrons. The van der Waals surface area contributed by atoms with E-state index in [0.29, 0.717) is 12.1 Å². The van der Waals surface area contributed by atoms with Gasteiger partial charge in [0.25, 0.3) is 0 Å². The number of halogens is 1. The third kappa shape index (κ3) is 4.76. The Balaban J connectivity index is 1.82. The molecule has 0 aliphatic heterocycles. The molecule has 20 heavy (non-hydrogen) atoms. The minimum Gasteiger partial charge on any atom is -0.378 e. The Hall–Kier alpha value is -0.570. The van der Waals surface area contributed by atoms with Crippen molar-refractivity contribution >= 4 is 11.6 Å². The second kappa shape index (κ2) is 8.02. The average molecular weight is 296 g/mol. The molecule has 1 aromatic rings. The van der Waals surface area contributed by atoms with E-state index in [9.17, 15) is 0 Å². The van der Waals surface area contributed by atoms with Crippen LogP contribution in [0.5, 0.6) is 0 Å². The average Bonchev–Trinajstić information content (AvgIpc) is 2.36. The highest BCUT2D eigenvalue weighted by molar-refractivity contribution is 6.30. The van der Waals surface area contributed by atoms with Gasteiger partial charge in [-0.15, -0.1) is 0 Å². The molecule has 1 unspecified atom stereocenters. The smallest absolute Gasteiger partial charge is 0.0580 e. The summed E-state index contributed by atoms with van der Waals surface area (Å²) in [5, 5.41) is 4.44. The van der Waals surface area contributed by atoms with Crippen molar-refractivity contribution in [2.45, 2.75) is 51.7 Å². The molecule has 1 fully saturated rings. The Morgan fingerprint density at radius 3 is 2.80 bits per heavy atom. The third-order valence-corrected chi connectivity index (χ3v) is 4.31. The standard InChI is InChI=1S/C17H26ClNO/c1-3-19-16(9-13-6-5-7-15(18)8-13)10-14-11-17(12-14)20-4-2/h5-8,14,16-17,19H,3-4,9-12H2,1-2H3. The lowest BCUT2D eigenvalue weighted by atomic mass is 9.77. The van der Waals surface area contributed by atoms with Crippen LogP contribution in [0.1, 0.15) is 38.7 Å². The molecule has 1 aliphatic rings. The maximum absolute atomic E-state index is 6.07. The van der Waals surface area contributed by atoms with Crippen molar-refractivity contribution in [2.24, 2.45) is 5.92 Å². The monoisotopic (exact) mass is 295 g/mol. The fourth-order valence-corrected chi connectivity index (χ4v) is 3.33. The highest BCUT2D eigenvalue weighted by Crippen LogP contribution is 2.34. The van der Waals surface area contributed by atoms with E-state index in [1.165, 1.54) is 24.8 Å². The predicted molar refractivity (Wildman–Crippen MR) is 85.4 cm³/mol. The van der Waals surface area contributed by atoms with Gasteiger partial charge in [-0.1, -0.05) is 30.7 Å². The topological polar surface area (TPSA) is 21.3 Å². The molecule has 0 spiro atoms. The first-order valence-electron chi connectivity index (χ1n) is 7.80. The van der Waals surface area contributed by atoms with Crippen LogP contribution in [-0.2, 0) is 11.2 Å². The summed E-state index contributed by atoms with van der Waals surface area (Å²) in [6, 6.07) is 8.77. The van der Waals surface area contributed by atoms with Crippen LogP contribution < -0.4 is 5.32 Å². The molecule has 3 heteroatoms. The largest absolute Gasteiger partial charge is 0.378 e. The van der Waals surface area contributed by atoms with E-state index in [1.54, 1.807) is 0 Å². The Morgan fingerprint density at radius 2 is 2.15 bits per heavy atom. The van der Waals surface area contributed by atoms with Crippen LogP contribution in [0.4, 0.5) is 0 Å². The van der Waals surface area contributed by atoms with Crippen molar-refractivity contribution in [1.82, 2.24) is 5.32 Å². The SMILES string of the molecule is CCNC(Cc1cccc(Cl)c1)CC1CC(OCC)C1. The number of benzene rings is 1. The second-order valence-corrected chi connectivity index (χ2v) is 6.18. The lowest BCUT2D eigenvalue weighted by molar-refractivity contribution is -0.0289. The van der Waals surface area contributed by atoms with Gasteiger partial charge < -0.3 is 10.1 Å². The van der Waals surface area contributed by atoms with Gasteiger partial charge >= 0.3 is 0 Å². The van der Waals surface area contributed by atoms with Gasteiger partial charge in [0.15, 0.2) is 0 Å². The quantitative estimate of drug-likeness (QED) is 0.781. The lowest BCUT2D eigenvalue weighted by Crippen LogP contribution is -2.39. The Bertz CT molecular complexity index is 404.